The Morgan fingerprint density at radius 2 is 1.97 bits per heavy atom. The van der Waals surface area contributed by atoms with E-state index in [0.717, 1.165) is 24.6 Å². The van der Waals surface area contributed by atoms with E-state index >= 15 is 0 Å². The average molecular weight is 464 g/mol. The van der Waals surface area contributed by atoms with Crippen LogP contribution in [0.5, 0.6) is 0 Å². The topological polar surface area (TPSA) is 78.5 Å². The minimum Gasteiger partial charge on any atom is -0.354 e. The Morgan fingerprint density at radius 1 is 1.23 bits per heavy atom. The van der Waals surface area contributed by atoms with Crippen molar-refractivity contribution in [3.05, 3.63) is 51.7 Å². The van der Waals surface area contributed by atoms with Gasteiger partial charge in [-0.25, -0.2) is 13.1 Å². The van der Waals surface area contributed by atoms with E-state index in [0.29, 0.717) is 12.1 Å². The Bertz CT molecular complexity index is 966. The summed E-state index contributed by atoms with van der Waals surface area (Å²) in [5.41, 5.74) is 1.58. The number of nitrogens with one attached hydrogen (secondary N) is 2. The highest BCUT2D eigenvalue weighted by Gasteiger charge is 2.26. The Kier molecular flexibility index (Phi) is 8.27. The molecule has 170 valence electrons. The lowest BCUT2D eigenvalue weighted by molar-refractivity contribution is -0.121. The van der Waals surface area contributed by atoms with E-state index in [4.69, 9.17) is 0 Å². The number of likely N-dealkylation sites (tertiary alicyclic amines) is 1. The van der Waals surface area contributed by atoms with Gasteiger partial charge in [-0.15, -0.1) is 11.3 Å². The smallest absolute Gasteiger partial charge is 0.240 e. The van der Waals surface area contributed by atoms with Crippen LogP contribution < -0.4 is 10.0 Å². The molecule has 3 rings (SSSR count). The zero-order valence-electron chi connectivity index (χ0n) is 18.6. The van der Waals surface area contributed by atoms with Gasteiger partial charge in [-0.3, -0.25) is 9.69 Å². The van der Waals surface area contributed by atoms with Crippen LogP contribution in [0.2, 0.25) is 0 Å². The number of benzene rings is 1. The van der Waals surface area contributed by atoms with Gasteiger partial charge in [-0.1, -0.05) is 25.1 Å². The molecule has 1 aliphatic heterocycles. The van der Waals surface area contributed by atoms with Gasteiger partial charge in [0, 0.05) is 24.4 Å². The molecular weight excluding hydrogens is 430 g/mol. The van der Waals surface area contributed by atoms with Crippen LogP contribution in [0, 0.1) is 19.8 Å². The molecule has 0 radical (unpaired) electrons. The highest BCUT2D eigenvalue weighted by atomic mass is 32.2. The van der Waals surface area contributed by atoms with E-state index in [9.17, 15) is 13.2 Å². The maximum absolute atomic E-state index is 12.6. The highest BCUT2D eigenvalue weighted by molar-refractivity contribution is 7.89. The number of amides is 1. The molecule has 1 amide bonds. The number of sulfonamides is 1. The molecule has 2 aromatic rings. The molecule has 1 fully saturated rings. The van der Waals surface area contributed by atoms with Gasteiger partial charge in [0.2, 0.25) is 15.9 Å². The van der Waals surface area contributed by atoms with Gasteiger partial charge in [-0.2, -0.15) is 0 Å². The Hall–Kier alpha value is -1.74. The fourth-order valence-corrected chi connectivity index (χ4v) is 6.12. The quantitative estimate of drug-likeness (QED) is 0.595. The van der Waals surface area contributed by atoms with Crippen molar-refractivity contribution >= 4 is 27.3 Å². The molecule has 31 heavy (non-hydrogen) atoms. The summed E-state index contributed by atoms with van der Waals surface area (Å²) >= 11 is 1.71. The molecule has 0 spiro atoms. The number of thiophene rings is 1. The maximum atomic E-state index is 12.6. The highest BCUT2D eigenvalue weighted by Crippen LogP contribution is 2.29. The normalized spacial score (nSPS) is 16.9. The molecule has 2 N–H and O–H groups in total. The van der Waals surface area contributed by atoms with Crippen LogP contribution in [-0.4, -0.2) is 45.4 Å². The zero-order chi connectivity index (χ0) is 22.4. The van der Waals surface area contributed by atoms with E-state index < -0.39 is 10.0 Å². The van der Waals surface area contributed by atoms with E-state index in [-0.39, 0.29) is 29.8 Å². The molecule has 2 heterocycles. The second kappa shape index (κ2) is 10.7. The first-order valence-corrected chi connectivity index (χ1v) is 13.2. The minimum atomic E-state index is -3.63. The SMILES string of the molecule is Cc1ccc(C)c(S(=O)(=O)NCCC(=O)NCC(c2cccs2)N2CCC(C)CC2)c1. The third-order valence-electron chi connectivity index (χ3n) is 5.90. The zero-order valence-corrected chi connectivity index (χ0v) is 20.2. The predicted octanol–water partition coefficient (Wildman–Crippen LogP) is 3.62. The lowest BCUT2D eigenvalue weighted by Gasteiger charge is -2.36. The van der Waals surface area contributed by atoms with Crippen LogP contribution in [0.3, 0.4) is 0 Å². The maximum Gasteiger partial charge on any atom is 0.240 e. The van der Waals surface area contributed by atoms with Gasteiger partial charge >= 0.3 is 0 Å². The summed E-state index contributed by atoms with van der Waals surface area (Å²) in [6.45, 7) is 8.61. The number of rotatable bonds is 9. The second-order valence-electron chi connectivity index (χ2n) is 8.47. The van der Waals surface area contributed by atoms with E-state index in [1.165, 1.54) is 17.7 Å². The van der Waals surface area contributed by atoms with Crippen molar-refractivity contribution in [2.45, 2.75) is 51.0 Å². The van der Waals surface area contributed by atoms with Crippen molar-refractivity contribution in [2.24, 2.45) is 5.92 Å². The molecule has 0 aliphatic carbocycles. The monoisotopic (exact) mass is 463 g/mol. The first-order chi connectivity index (χ1) is 14.8. The number of nitrogens with zero attached hydrogens (tertiary/aromatic N) is 1. The number of piperidine rings is 1. The van der Waals surface area contributed by atoms with Crippen molar-refractivity contribution in [2.75, 3.05) is 26.2 Å². The van der Waals surface area contributed by atoms with Crippen molar-refractivity contribution in [3.63, 3.8) is 0 Å². The first-order valence-electron chi connectivity index (χ1n) is 10.9. The first kappa shape index (κ1) is 23.9. The van der Waals surface area contributed by atoms with Gasteiger partial charge in [0.05, 0.1) is 10.9 Å². The Labute approximate surface area is 190 Å². The van der Waals surface area contributed by atoms with Gasteiger partial charge in [-0.05, 0) is 74.3 Å². The molecule has 1 aromatic heterocycles. The number of hydrogen-bond donors (Lipinski definition) is 2. The summed E-state index contributed by atoms with van der Waals surface area (Å²) < 4.78 is 27.7. The molecule has 1 atom stereocenters. The fraction of sp³-hybridized carbons (Fsp3) is 0.522. The summed E-state index contributed by atoms with van der Waals surface area (Å²) in [5, 5.41) is 5.09. The Balaban J connectivity index is 1.52. The molecule has 6 nitrogen and oxygen atoms in total. The molecule has 0 bridgehead atoms. The standard InChI is InChI=1S/C23H33N3O3S2/c1-17-9-12-26(13-10-17)20(21-5-4-14-30-21)16-24-23(27)8-11-25-31(28,29)22-15-18(2)6-7-19(22)3/h4-7,14-15,17,20,25H,8-13,16H2,1-3H3,(H,24,27). The van der Waals surface area contributed by atoms with Crippen LogP contribution in [0.4, 0.5) is 0 Å². The largest absolute Gasteiger partial charge is 0.354 e. The Morgan fingerprint density at radius 3 is 2.65 bits per heavy atom. The lowest BCUT2D eigenvalue weighted by Crippen LogP contribution is -2.42. The fourth-order valence-electron chi connectivity index (χ4n) is 3.90. The third-order valence-corrected chi connectivity index (χ3v) is 8.48. The molecular formula is C23H33N3O3S2. The predicted molar refractivity (Wildman–Crippen MR) is 126 cm³/mol. The minimum absolute atomic E-state index is 0.0758. The van der Waals surface area contributed by atoms with Crippen molar-refractivity contribution in [1.29, 1.82) is 0 Å². The summed E-state index contributed by atoms with van der Waals surface area (Å²) in [6, 6.07) is 9.67. The van der Waals surface area contributed by atoms with E-state index in [1.807, 2.05) is 19.1 Å². The van der Waals surface area contributed by atoms with Crippen LogP contribution in [-0.2, 0) is 14.8 Å². The van der Waals surface area contributed by atoms with E-state index in [2.05, 4.69) is 33.3 Å². The van der Waals surface area contributed by atoms with Crippen molar-refractivity contribution in [1.82, 2.24) is 14.9 Å². The number of carbonyl (C=O) groups is 1. The molecule has 8 heteroatoms. The van der Waals surface area contributed by atoms with Gasteiger partial charge in [0.25, 0.3) is 0 Å². The third kappa shape index (κ3) is 6.62. The average Bonchev–Trinajstić information content (AvgIpc) is 3.25. The summed E-state index contributed by atoms with van der Waals surface area (Å²) in [7, 11) is -3.63. The van der Waals surface area contributed by atoms with Crippen molar-refractivity contribution in [3.8, 4) is 0 Å². The van der Waals surface area contributed by atoms with E-state index in [1.54, 1.807) is 30.4 Å². The summed E-state index contributed by atoms with van der Waals surface area (Å²) in [6.07, 6.45) is 2.46. The molecule has 1 unspecified atom stereocenters. The summed E-state index contributed by atoms with van der Waals surface area (Å²) in [5.74, 6) is 0.607. The molecule has 1 saturated heterocycles. The van der Waals surface area contributed by atoms with Gasteiger partial charge < -0.3 is 5.32 Å². The van der Waals surface area contributed by atoms with Crippen LogP contribution >= 0.6 is 11.3 Å². The van der Waals surface area contributed by atoms with Gasteiger partial charge in [0.1, 0.15) is 0 Å². The molecule has 1 aromatic carbocycles. The number of carbonyl (C=O) groups excluding carboxylic acids is 1. The number of hydrogen-bond acceptors (Lipinski definition) is 5. The van der Waals surface area contributed by atoms with Crippen LogP contribution in [0.1, 0.15) is 48.2 Å². The van der Waals surface area contributed by atoms with Crippen molar-refractivity contribution < 1.29 is 13.2 Å². The number of aryl methyl sites for hydroxylation is 2. The summed E-state index contributed by atoms with van der Waals surface area (Å²) in [4.78, 5) is 16.4. The second-order valence-corrected chi connectivity index (χ2v) is 11.2. The van der Waals surface area contributed by atoms with Crippen LogP contribution in [0.25, 0.3) is 0 Å². The van der Waals surface area contributed by atoms with Crippen LogP contribution in [0.15, 0.2) is 40.6 Å². The molecule has 1 aliphatic rings. The molecule has 0 saturated carbocycles. The van der Waals surface area contributed by atoms with Gasteiger partial charge in [0.15, 0.2) is 0 Å². The lowest BCUT2D eigenvalue weighted by atomic mass is 9.97.